The molecule has 10 nitrogen and oxygen atoms in total. The summed E-state index contributed by atoms with van der Waals surface area (Å²) in [6.45, 7) is 11.2. The standard InChI is InChI=1S/2C22H30O5/c2*1-22(2,3)27-20(23)12-14-5-10-19-16(11-14)8-9-17(26-19)13-18(15-6-7-15)21(24)25-4/h2*5,10-11,15,17-18H,6-9,12-13H2,1-4H3/t17-,18+;17-,18-/m11/s1. The molecule has 10 heteroatoms. The van der Waals surface area contributed by atoms with Crippen molar-refractivity contribution in [2.24, 2.45) is 23.7 Å². The van der Waals surface area contributed by atoms with Crippen molar-refractivity contribution in [1.82, 2.24) is 0 Å². The number of hydrogen-bond donors (Lipinski definition) is 0. The first kappa shape index (κ1) is 41.1. The van der Waals surface area contributed by atoms with Gasteiger partial charge in [-0.05, 0) is 152 Å². The molecule has 54 heavy (non-hydrogen) atoms. The van der Waals surface area contributed by atoms with Crippen LogP contribution < -0.4 is 9.47 Å². The fourth-order valence-electron chi connectivity index (χ4n) is 7.47. The highest BCUT2D eigenvalue weighted by Crippen LogP contribution is 2.43. The molecule has 2 aromatic rings. The second-order valence-electron chi connectivity index (χ2n) is 17.4. The van der Waals surface area contributed by atoms with Gasteiger partial charge in [-0.3, -0.25) is 19.2 Å². The number of rotatable bonds is 12. The van der Waals surface area contributed by atoms with Crippen molar-refractivity contribution in [2.75, 3.05) is 14.2 Å². The molecule has 0 unspecified atom stereocenters. The molecular weight excluding hydrogens is 688 g/mol. The maximum absolute atomic E-state index is 12.0. The average molecular weight is 749 g/mol. The Bertz CT molecular complexity index is 1520. The summed E-state index contributed by atoms with van der Waals surface area (Å²) < 4.78 is 33.0. The van der Waals surface area contributed by atoms with Gasteiger partial charge in [-0.1, -0.05) is 24.3 Å². The summed E-state index contributed by atoms with van der Waals surface area (Å²) in [6, 6.07) is 11.8. The van der Waals surface area contributed by atoms with Crippen LogP contribution in [0.3, 0.4) is 0 Å². The minimum Gasteiger partial charge on any atom is -0.490 e. The molecule has 2 heterocycles. The van der Waals surface area contributed by atoms with E-state index in [2.05, 4.69) is 0 Å². The van der Waals surface area contributed by atoms with E-state index in [9.17, 15) is 19.2 Å². The number of esters is 4. The highest BCUT2D eigenvalue weighted by atomic mass is 16.6. The molecule has 4 aliphatic rings. The number of methoxy groups -OCH3 is 2. The van der Waals surface area contributed by atoms with Crippen molar-refractivity contribution in [2.45, 2.75) is 142 Å². The van der Waals surface area contributed by atoms with Gasteiger partial charge in [0.05, 0.1) is 51.1 Å². The van der Waals surface area contributed by atoms with Gasteiger partial charge in [0.2, 0.25) is 0 Å². The largest absolute Gasteiger partial charge is 0.490 e. The lowest BCUT2D eigenvalue weighted by Gasteiger charge is -2.29. The quantitative estimate of drug-likeness (QED) is 0.158. The number of ether oxygens (including phenoxy) is 6. The van der Waals surface area contributed by atoms with Crippen LogP contribution in [0.2, 0.25) is 0 Å². The molecule has 0 radical (unpaired) electrons. The van der Waals surface area contributed by atoms with Gasteiger partial charge < -0.3 is 28.4 Å². The Morgan fingerprint density at radius 2 is 0.981 bits per heavy atom. The van der Waals surface area contributed by atoms with Crippen LogP contribution in [-0.4, -0.2) is 61.5 Å². The predicted octanol–water partition coefficient (Wildman–Crippen LogP) is 7.71. The van der Waals surface area contributed by atoms with E-state index in [4.69, 9.17) is 28.4 Å². The monoisotopic (exact) mass is 748 g/mol. The number of aryl methyl sites for hydroxylation is 2. The van der Waals surface area contributed by atoms with E-state index < -0.39 is 11.2 Å². The van der Waals surface area contributed by atoms with Crippen LogP contribution in [0.5, 0.6) is 11.5 Å². The summed E-state index contributed by atoms with van der Waals surface area (Å²) in [5.41, 5.74) is 3.17. The molecule has 4 atom stereocenters. The Labute approximate surface area is 320 Å². The van der Waals surface area contributed by atoms with Gasteiger partial charge in [-0.15, -0.1) is 0 Å². The number of benzene rings is 2. The fourth-order valence-corrected chi connectivity index (χ4v) is 7.47. The first-order valence-electron chi connectivity index (χ1n) is 19.7. The summed E-state index contributed by atoms with van der Waals surface area (Å²) in [6.07, 6.45) is 10.0. The third-order valence-electron chi connectivity index (χ3n) is 10.3. The molecule has 2 aliphatic carbocycles. The van der Waals surface area contributed by atoms with Gasteiger partial charge in [0.1, 0.15) is 22.7 Å². The normalized spacial score (nSPS) is 20.2. The van der Waals surface area contributed by atoms with Crippen molar-refractivity contribution < 1.29 is 47.6 Å². The van der Waals surface area contributed by atoms with E-state index in [1.165, 1.54) is 14.2 Å². The maximum Gasteiger partial charge on any atom is 0.310 e. The van der Waals surface area contributed by atoms with Gasteiger partial charge in [0.25, 0.3) is 0 Å². The molecule has 0 N–H and O–H groups in total. The van der Waals surface area contributed by atoms with Gasteiger partial charge in [0, 0.05) is 0 Å². The van der Waals surface area contributed by atoms with Crippen LogP contribution in [0.4, 0.5) is 0 Å². The minimum absolute atomic E-state index is 0.0407. The zero-order valence-electron chi connectivity index (χ0n) is 33.5. The molecule has 2 saturated carbocycles. The molecule has 2 aromatic carbocycles. The number of hydrogen-bond acceptors (Lipinski definition) is 10. The second kappa shape index (κ2) is 17.6. The van der Waals surface area contributed by atoms with Crippen molar-refractivity contribution >= 4 is 23.9 Å². The van der Waals surface area contributed by atoms with E-state index in [-0.39, 0.29) is 60.8 Å². The Hall–Kier alpha value is -4.08. The van der Waals surface area contributed by atoms with Crippen molar-refractivity contribution in [3.05, 3.63) is 58.7 Å². The maximum atomic E-state index is 12.0. The van der Waals surface area contributed by atoms with E-state index in [0.29, 0.717) is 11.8 Å². The zero-order chi connectivity index (χ0) is 39.2. The molecule has 0 bridgehead atoms. The molecule has 2 aliphatic heterocycles. The van der Waals surface area contributed by atoms with E-state index in [1.807, 2.05) is 77.9 Å². The molecule has 0 amide bonds. The summed E-state index contributed by atoms with van der Waals surface area (Å²) in [5, 5.41) is 0. The highest BCUT2D eigenvalue weighted by Gasteiger charge is 2.40. The van der Waals surface area contributed by atoms with Gasteiger partial charge >= 0.3 is 23.9 Å². The Morgan fingerprint density at radius 1 is 0.611 bits per heavy atom. The smallest absolute Gasteiger partial charge is 0.310 e. The summed E-state index contributed by atoms with van der Waals surface area (Å²) in [7, 11) is 2.92. The molecule has 296 valence electrons. The third kappa shape index (κ3) is 12.5. The van der Waals surface area contributed by atoms with Gasteiger partial charge in [-0.2, -0.15) is 0 Å². The van der Waals surface area contributed by atoms with Crippen LogP contribution in [0.15, 0.2) is 36.4 Å². The van der Waals surface area contributed by atoms with Crippen LogP contribution in [0.1, 0.15) is 115 Å². The van der Waals surface area contributed by atoms with Crippen LogP contribution in [0, 0.1) is 23.7 Å². The summed E-state index contributed by atoms with van der Waals surface area (Å²) >= 11 is 0. The summed E-state index contributed by atoms with van der Waals surface area (Å²) in [4.78, 5) is 48.1. The van der Waals surface area contributed by atoms with Crippen LogP contribution in [-0.2, 0) is 63.8 Å². The van der Waals surface area contributed by atoms with Crippen molar-refractivity contribution in [3.63, 3.8) is 0 Å². The number of carbonyl (C=O) groups is 4. The first-order valence-corrected chi connectivity index (χ1v) is 19.7. The molecule has 2 fully saturated rings. The van der Waals surface area contributed by atoms with Crippen LogP contribution >= 0.6 is 0 Å². The van der Waals surface area contributed by atoms with E-state index >= 15 is 0 Å². The lowest BCUT2D eigenvalue weighted by atomic mass is 9.91. The molecule has 0 spiro atoms. The second-order valence-corrected chi connectivity index (χ2v) is 17.4. The van der Waals surface area contributed by atoms with E-state index in [0.717, 1.165) is 98.0 Å². The Kier molecular flexibility index (Phi) is 13.4. The minimum atomic E-state index is -0.473. The Balaban J connectivity index is 0.000000208. The first-order chi connectivity index (χ1) is 25.5. The lowest BCUT2D eigenvalue weighted by Crippen LogP contribution is -2.30. The van der Waals surface area contributed by atoms with Crippen molar-refractivity contribution in [3.8, 4) is 11.5 Å². The topological polar surface area (TPSA) is 124 Å². The highest BCUT2D eigenvalue weighted by molar-refractivity contribution is 5.74. The van der Waals surface area contributed by atoms with Crippen molar-refractivity contribution in [1.29, 1.82) is 0 Å². The lowest BCUT2D eigenvalue weighted by molar-refractivity contribution is -0.155. The molecule has 0 saturated heterocycles. The predicted molar refractivity (Wildman–Crippen MR) is 203 cm³/mol. The average Bonchev–Trinajstić information content (AvgIpc) is 4.03. The fraction of sp³-hybridized carbons (Fsp3) is 0.636. The van der Waals surface area contributed by atoms with Crippen LogP contribution in [0.25, 0.3) is 0 Å². The van der Waals surface area contributed by atoms with Gasteiger partial charge in [-0.25, -0.2) is 0 Å². The molecular formula is C44H60O10. The Morgan fingerprint density at radius 3 is 1.30 bits per heavy atom. The molecule has 6 rings (SSSR count). The zero-order valence-corrected chi connectivity index (χ0v) is 33.5. The van der Waals surface area contributed by atoms with E-state index in [1.54, 1.807) is 0 Å². The molecule has 0 aromatic heterocycles. The SMILES string of the molecule is COC(=O)[C@@H](C[C@H]1CCc2cc(CC(=O)OC(C)(C)C)ccc2O1)C1CC1.COC(=O)[C@H](C[C@H]1CCc2cc(CC(=O)OC(C)(C)C)ccc2O1)C1CC1. The van der Waals surface area contributed by atoms with Gasteiger partial charge in [0.15, 0.2) is 0 Å². The number of carbonyl (C=O) groups excluding carboxylic acids is 4. The third-order valence-corrected chi connectivity index (χ3v) is 10.3. The summed E-state index contributed by atoms with van der Waals surface area (Å²) in [5.74, 6) is 1.87. The number of fused-ring (bicyclic) bond motifs is 2.